The largest absolute Gasteiger partial charge is 0.350 e. The van der Waals surface area contributed by atoms with E-state index >= 15 is 0 Å². The number of benzene rings is 1. The van der Waals surface area contributed by atoms with Crippen LogP contribution in [0.3, 0.4) is 0 Å². The Kier molecular flexibility index (Phi) is 5.78. The molecule has 1 aliphatic carbocycles. The molecule has 0 aliphatic heterocycles. The average Bonchev–Trinajstić information content (AvgIpc) is 3.27. The van der Waals surface area contributed by atoms with Crippen LogP contribution in [-0.2, 0) is 9.59 Å². The maximum absolute atomic E-state index is 14.1. The highest BCUT2D eigenvalue weighted by molar-refractivity contribution is 7.14. The molecule has 5 nitrogen and oxygen atoms in total. The molecule has 1 fully saturated rings. The lowest BCUT2D eigenvalue weighted by Crippen LogP contribution is -2.30. The van der Waals surface area contributed by atoms with E-state index in [2.05, 4.69) is 10.3 Å². The number of amides is 2. The maximum Gasteiger partial charge on any atom is 0.244 e. The normalized spacial score (nSPS) is 14.7. The minimum Gasteiger partial charge on any atom is -0.350 e. The van der Waals surface area contributed by atoms with E-state index in [4.69, 9.17) is 0 Å². The monoisotopic (exact) mass is 373 g/mol. The summed E-state index contributed by atoms with van der Waals surface area (Å²) in [5, 5.41) is 5.05. The highest BCUT2D eigenvalue weighted by Gasteiger charge is 2.20. The van der Waals surface area contributed by atoms with Crippen LogP contribution >= 0.6 is 11.3 Å². The molecule has 1 heterocycles. The van der Waals surface area contributed by atoms with Gasteiger partial charge in [-0.1, -0.05) is 25.0 Å². The van der Waals surface area contributed by atoms with Crippen molar-refractivity contribution in [2.24, 2.45) is 0 Å². The molecule has 0 unspecified atom stereocenters. The molecule has 1 aromatic carbocycles. The molecule has 0 saturated heterocycles. The van der Waals surface area contributed by atoms with Crippen LogP contribution in [0.1, 0.15) is 38.3 Å². The summed E-state index contributed by atoms with van der Waals surface area (Å²) >= 11 is 1.22. The Bertz CT molecular complexity index is 828. The molecule has 3 rings (SSSR count). The van der Waals surface area contributed by atoms with Crippen LogP contribution in [0.2, 0.25) is 0 Å². The zero-order valence-corrected chi connectivity index (χ0v) is 15.3. The minimum absolute atomic E-state index is 0.149. The van der Waals surface area contributed by atoms with Crippen molar-refractivity contribution in [1.29, 1.82) is 0 Å². The summed E-state index contributed by atoms with van der Waals surface area (Å²) in [5.41, 5.74) is 0.706. The highest BCUT2D eigenvalue weighted by Crippen LogP contribution is 2.30. The van der Waals surface area contributed by atoms with E-state index in [1.54, 1.807) is 23.6 Å². The molecule has 1 aliphatic rings. The van der Waals surface area contributed by atoms with Gasteiger partial charge in [0.15, 0.2) is 5.13 Å². The molecular formula is C19H20FN3O2S. The number of hydrogen-bond donors (Lipinski definition) is 1. The lowest BCUT2D eigenvalue weighted by molar-refractivity contribution is -0.117. The SMILES string of the molecule is CC(=O)N(c1nc(C=CC(=O)NC2CCCC2)cs1)c1ccccc1F. The molecule has 1 aromatic heterocycles. The first-order valence-corrected chi connectivity index (χ1v) is 9.42. The van der Waals surface area contributed by atoms with Crippen molar-refractivity contribution in [3.8, 4) is 0 Å². The zero-order valence-electron chi connectivity index (χ0n) is 14.4. The van der Waals surface area contributed by atoms with Crippen molar-refractivity contribution >= 4 is 40.0 Å². The van der Waals surface area contributed by atoms with Gasteiger partial charge in [-0.3, -0.25) is 14.5 Å². The molecule has 0 bridgehead atoms. The van der Waals surface area contributed by atoms with E-state index < -0.39 is 5.82 Å². The second-order valence-corrected chi connectivity index (χ2v) is 7.02. The molecule has 2 amide bonds. The number of aromatic nitrogens is 1. The summed E-state index contributed by atoms with van der Waals surface area (Å²) in [6, 6.07) is 6.31. The van der Waals surface area contributed by atoms with Crippen LogP contribution in [0.25, 0.3) is 6.08 Å². The molecule has 0 spiro atoms. The van der Waals surface area contributed by atoms with Gasteiger partial charge in [0.05, 0.1) is 11.4 Å². The van der Waals surface area contributed by atoms with Crippen molar-refractivity contribution in [3.63, 3.8) is 0 Å². The number of anilines is 2. The van der Waals surface area contributed by atoms with Gasteiger partial charge in [-0.15, -0.1) is 11.3 Å². The Balaban J connectivity index is 1.73. The summed E-state index contributed by atoms with van der Waals surface area (Å²) in [7, 11) is 0. The van der Waals surface area contributed by atoms with Gasteiger partial charge in [-0.25, -0.2) is 9.37 Å². The fraction of sp³-hybridized carbons (Fsp3) is 0.316. The average molecular weight is 373 g/mol. The van der Waals surface area contributed by atoms with Gasteiger partial charge in [-0.05, 0) is 31.1 Å². The predicted octanol–water partition coefficient (Wildman–Crippen LogP) is 4.04. The van der Waals surface area contributed by atoms with Crippen LogP contribution in [0.4, 0.5) is 15.2 Å². The molecule has 2 aromatic rings. The fourth-order valence-corrected chi connectivity index (χ4v) is 3.82. The van der Waals surface area contributed by atoms with Crippen LogP contribution < -0.4 is 10.2 Å². The molecule has 26 heavy (non-hydrogen) atoms. The topological polar surface area (TPSA) is 62.3 Å². The van der Waals surface area contributed by atoms with Crippen molar-refractivity contribution in [2.75, 3.05) is 4.90 Å². The third-order valence-electron chi connectivity index (χ3n) is 4.22. The number of carbonyl (C=O) groups is 2. The van der Waals surface area contributed by atoms with E-state index in [9.17, 15) is 14.0 Å². The molecule has 0 atom stereocenters. The van der Waals surface area contributed by atoms with Crippen molar-refractivity contribution in [1.82, 2.24) is 10.3 Å². The number of nitrogens with zero attached hydrogens (tertiary/aromatic N) is 2. The molecular weight excluding hydrogens is 353 g/mol. The Morgan fingerprint density at radius 3 is 2.73 bits per heavy atom. The Labute approximate surface area is 155 Å². The summed E-state index contributed by atoms with van der Waals surface area (Å²) in [6.07, 6.45) is 7.40. The lowest BCUT2D eigenvalue weighted by atomic mass is 10.2. The van der Waals surface area contributed by atoms with Crippen LogP contribution in [0, 0.1) is 5.82 Å². The van der Waals surface area contributed by atoms with Crippen LogP contribution in [0.5, 0.6) is 0 Å². The first kappa shape index (κ1) is 18.3. The Morgan fingerprint density at radius 2 is 2.04 bits per heavy atom. The Hall–Kier alpha value is -2.54. The first-order chi connectivity index (χ1) is 12.5. The van der Waals surface area contributed by atoms with Gasteiger partial charge in [0.2, 0.25) is 11.8 Å². The van der Waals surface area contributed by atoms with Gasteiger partial charge < -0.3 is 5.32 Å². The summed E-state index contributed by atoms with van der Waals surface area (Å²) in [5.74, 6) is -0.978. The van der Waals surface area contributed by atoms with Gasteiger partial charge in [0, 0.05) is 24.4 Å². The fourth-order valence-electron chi connectivity index (χ4n) is 2.98. The third kappa shape index (κ3) is 4.35. The van der Waals surface area contributed by atoms with Crippen molar-refractivity contribution in [3.05, 3.63) is 47.2 Å². The van der Waals surface area contributed by atoms with Gasteiger partial charge in [-0.2, -0.15) is 0 Å². The number of nitrogens with one attached hydrogen (secondary N) is 1. The van der Waals surface area contributed by atoms with Crippen LogP contribution in [0.15, 0.2) is 35.7 Å². The molecule has 136 valence electrons. The number of thiazole rings is 1. The quantitative estimate of drug-likeness (QED) is 0.805. The number of hydrogen-bond acceptors (Lipinski definition) is 4. The standard InChI is InChI=1S/C19H20FN3O2S/c1-13(24)23(17-9-5-4-8-16(17)20)19-22-15(12-26-19)10-11-18(25)21-14-6-2-3-7-14/h4-5,8-12,14H,2-3,6-7H2,1H3,(H,21,25). The summed E-state index contributed by atoms with van der Waals surface area (Å²) < 4.78 is 14.1. The Morgan fingerprint density at radius 1 is 1.31 bits per heavy atom. The second kappa shape index (κ2) is 8.23. The zero-order chi connectivity index (χ0) is 18.5. The third-order valence-corrected chi connectivity index (χ3v) is 5.06. The van der Waals surface area contributed by atoms with E-state index in [0.29, 0.717) is 10.8 Å². The summed E-state index contributed by atoms with van der Waals surface area (Å²) in [4.78, 5) is 29.5. The number of para-hydroxylation sites is 1. The van der Waals surface area contributed by atoms with E-state index in [1.165, 1.54) is 41.4 Å². The number of rotatable bonds is 5. The number of carbonyl (C=O) groups excluding carboxylic acids is 2. The van der Waals surface area contributed by atoms with Gasteiger partial charge >= 0.3 is 0 Å². The second-order valence-electron chi connectivity index (χ2n) is 6.18. The molecule has 1 saturated carbocycles. The maximum atomic E-state index is 14.1. The summed E-state index contributed by atoms with van der Waals surface area (Å²) in [6.45, 7) is 1.36. The minimum atomic E-state index is -0.495. The smallest absolute Gasteiger partial charge is 0.244 e. The lowest BCUT2D eigenvalue weighted by Gasteiger charge is -2.18. The van der Waals surface area contributed by atoms with Gasteiger partial charge in [0.1, 0.15) is 5.82 Å². The predicted molar refractivity (Wildman–Crippen MR) is 101 cm³/mol. The van der Waals surface area contributed by atoms with Gasteiger partial charge in [0.25, 0.3) is 0 Å². The number of halogens is 1. The van der Waals surface area contributed by atoms with Crippen molar-refractivity contribution < 1.29 is 14.0 Å². The van der Waals surface area contributed by atoms with E-state index in [-0.39, 0.29) is 23.5 Å². The van der Waals surface area contributed by atoms with Crippen molar-refractivity contribution in [2.45, 2.75) is 38.6 Å². The highest BCUT2D eigenvalue weighted by atomic mass is 32.1. The van der Waals surface area contributed by atoms with E-state index in [0.717, 1.165) is 25.7 Å². The molecule has 1 N–H and O–H groups in total. The molecule has 0 radical (unpaired) electrons. The first-order valence-electron chi connectivity index (χ1n) is 8.54. The van der Waals surface area contributed by atoms with E-state index in [1.807, 2.05) is 0 Å². The van der Waals surface area contributed by atoms with Crippen LogP contribution in [-0.4, -0.2) is 22.8 Å². The molecule has 7 heteroatoms.